The van der Waals surface area contributed by atoms with Gasteiger partial charge in [0.15, 0.2) is 5.82 Å². The van der Waals surface area contributed by atoms with Crippen LogP contribution in [0.2, 0.25) is 5.02 Å². The highest BCUT2D eigenvalue weighted by atomic mass is 35.5. The molecule has 0 saturated heterocycles. The predicted molar refractivity (Wildman–Crippen MR) is 114 cm³/mol. The van der Waals surface area contributed by atoms with Crippen LogP contribution in [0.5, 0.6) is 0 Å². The molecule has 0 aliphatic heterocycles. The molecule has 3 aromatic rings. The molecule has 0 fully saturated rings. The number of halogens is 2. The first-order chi connectivity index (χ1) is 13.9. The number of aryl methyl sites for hydroxylation is 1. The Balaban J connectivity index is 1.53. The molecule has 1 aromatic heterocycles. The van der Waals surface area contributed by atoms with Crippen molar-refractivity contribution >= 4 is 40.4 Å². The van der Waals surface area contributed by atoms with E-state index < -0.39 is 5.82 Å². The Kier molecular flexibility index (Phi) is 6.61. The fourth-order valence-corrected chi connectivity index (χ4v) is 2.83. The maximum absolute atomic E-state index is 13.2. The normalized spacial score (nSPS) is 10.5. The Morgan fingerprint density at radius 3 is 2.52 bits per heavy atom. The Morgan fingerprint density at radius 1 is 1.10 bits per heavy atom. The molecule has 0 saturated carbocycles. The molecule has 0 aliphatic carbocycles. The van der Waals surface area contributed by atoms with Crippen LogP contribution in [0.25, 0.3) is 0 Å². The maximum atomic E-state index is 13.2. The van der Waals surface area contributed by atoms with E-state index in [9.17, 15) is 9.18 Å². The van der Waals surface area contributed by atoms with E-state index in [-0.39, 0.29) is 17.4 Å². The molecule has 3 rings (SSSR count). The standard InChI is InChI=1S/C21H21ClFN5O/c1-28(2)17-12-20(27-24-13-17)25-15-5-7-16(8-6-15)26-21(29)10-4-14-3-9-19(23)18(22)11-14/h3,5-9,11-13H,4,10H2,1-2H3,(H,25,27)(H,26,29). The molecular weight excluding hydrogens is 393 g/mol. The van der Waals surface area contributed by atoms with E-state index in [2.05, 4.69) is 20.8 Å². The molecule has 6 nitrogen and oxygen atoms in total. The molecule has 0 spiro atoms. The molecule has 0 aliphatic rings. The molecule has 0 radical (unpaired) electrons. The number of carbonyl (C=O) groups is 1. The number of amides is 1. The third kappa shape index (κ3) is 5.89. The lowest BCUT2D eigenvalue weighted by atomic mass is 10.1. The maximum Gasteiger partial charge on any atom is 0.224 e. The molecule has 0 unspecified atom stereocenters. The summed E-state index contributed by atoms with van der Waals surface area (Å²) < 4.78 is 13.2. The number of nitrogens with zero attached hydrogens (tertiary/aromatic N) is 3. The number of carbonyl (C=O) groups excluding carboxylic acids is 1. The van der Waals surface area contributed by atoms with Gasteiger partial charge in [-0.3, -0.25) is 4.79 Å². The number of anilines is 4. The Bertz CT molecular complexity index is 995. The van der Waals surface area contributed by atoms with Crippen LogP contribution >= 0.6 is 11.6 Å². The van der Waals surface area contributed by atoms with Gasteiger partial charge in [-0.05, 0) is 48.4 Å². The van der Waals surface area contributed by atoms with Crippen molar-refractivity contribution in [1.29, 1.82) is 0 Å². The number of hydrogen-bond acceptors (Lipinski definition) is 5. The number of rotatable bonds is 7. The van der Waals surface area contributed by atoms with E-state index in [1.165, 1.54) is 6.07 Å². The minimum atomic E-state index is -0.465. The molecule has 8 heteroatoms. The minimum absolute atomic E-state index is 0.0619. The molecule has 2 aromatic carbocycles. The highest BCUT2D eigenvalue weighted by Crippen LogP contribution is 2.21. The first-order valence-corrected chi connectivity index (χ1v) is 9.39. The first kappa shape index (κ1) is 20.5. The van der Waals surface area contributed by atoms with Gasteiger partial charge in [-0.15, -0.1) is 5.10 Å². The van der Waals surface area contributed by atoms with Gasteiger partial charge >= 0.3 is 0 Å². The van der Waals surface area contributed by atoms with Crippen molar-refractivity contribution in [3.05, 3.63) is 71.1 Å². The summed E-state index contributed by atoms with van der Waals surface area (Å²) in [7, 11) is 3.87. The minimum Gasteiger partial charge on any atom is -0.376 e. The Labute approximate surface area is 173 Å². The summed E-state index contributed by atoms with van der Waals surface area (Å²) in [5, 5.41) is 14.1. The van der Waals surface area contributed by atoms with E-state index in [1.807, 2.05) is 37.2 Å². The van der Waals surface area contributed by atoms with Crippen LogP contribution in [-0.4, -0.2) is 30.2 Å². The zero-order valence-electron chi connectivity index (χ0n) is 16.1. The zero-order valence-corrected chi connectivity index (χ0v) is 16.9. The lowest BCUT2D eigenvalue weighted by Crippen LogP contribution is -2.12. The smallest absolute Gasteiger partial charge is 0.224 e. The van der Waals surface area contributed by atoms with Crippen LogP contribution in [0.1, 0.15) is 12.0 Å². The van der Waals surface area contributed by atoms with Gasteiger partial charge in [0.1, 0.15) is 5.82 Å². The predicted octanol–water partition coefficient (Wildman–Crippen LogP) is 4.65. The second-order valence-corrected chi connectivity index (χ2v) is 7.10. The van der Waals surface area contributed by atoms with Gasteiger partial charge in [-0.25, -0.2) is 4.39 Å². The van der Waals surface area contributed by atoms with E-state index in [0.29, 0.717) is 17.9 Å². The summed E-state index contributed by atoms with van der Waals surface area (Å²) >= 11 is 5.76. The molecular formula is C21H21ClFN5O. The van der Waals surface area contributed by atoms with Gasteiger partial charge in [0.05, 0.1) is 16.9 Å². The van der Waals surface area contributed by atoms with Crippen LogP contribution in [0.3, 0.4) is 0 Å². The molecule has 0 atom stereocenters. The van der Waals surface area contributed by atoms with Crippen molar-refractivity contribution in [2.45, 2.75) is 12.8 Å². The largest absolute Gasteiger partial charge is 0.376 e. The van der Waals surface area contributed by atoms with Crippen molar-refractivity contribution < 1.29 is 9.18 Å². The second-order valence-electron chi connectivity index (χ2n) is 6.69. The average Bonchev–Trinajstić information content (AvgIpc) is 2.70. The molecule has 150 valence electrons. The summed E-state index contributed by atoms with van der Waals surface area (Å²) in [6, 6.07) is 13.7. The quantitative estimate of drug-likeness (QED) is 0.590. The SMILES string of the molecule is CN(C)c1cnnc(Nc2ccc(NC(=O)CCc3ccc(F)c(Cl)c3)cc2)c1. The van der Waals surface area contributed by atoms with Crippen molar-refractivity contribution in [3.8, 4) is 0 Å². The summed E-state index contributed by atoms with van der Waals surface area (Å²) in [6.45, 7) is 0. The van der Waals surface area contributed by atoms with Gasteiger partial charge in [-0.1, -0.05) is 17.7 Å². The van der Waals surface area contributed by atoms with E-state index in [1.54, 1.807) is 30.5 Å². The van der Waals surface area contributed by atoms with Gasteiger partial charge < -0.3 is 15.5 Å². The lowest BCUT2D eigenvalue weighted by molar-refractivity contribution is -0.116. The van der Waals surface area contributed by atoms with Crippen LogP contribution < -0.4 is 15.5 Å². The highest BCUT2D eigenvalue weighted by Gasteiger charge is 2.06. The molecule has 0 bridgehead atoms. The summed E-state index contributed by atoms with van der Waals surface area (Å²) in [5.41, 5.74) is 3.26. The van der Waals surface area contributed by atoms with Gasteiger partial charge in [-0.2, -0.15) is 5.10 Å². The van der Waals surface area contributed by atoms with Gasteiger partial charge in [0, 0.05) is 38.0 Å². The number of nitrogens with one attached hydrogen (secondary N) is 2. The topological polar surface area (TPSA) is 70.2 Å². The van der Waals surface area contributed by atoms with Crippen molar-refractivity contribution in [3.63, 3.8) is 0 Å². The molecule has 29 heavy (non-hydrogen) atoms. The van der Waals surface area contributed by atoms with Crippen molar-refractivity contribution in [1.82, 2.24) is 10.2 Å². The van der Waals surface area contributed by atoms with Crippen LogP contribution in [0.4, 0.5) is 27.3 Å². The van der Waals surface area contributed by atoms with E-state index in [0.717, 1.165) is 16.9 Å². The number of hydrogen-bond donors (Lipinski definition) is 2. The van der Waals surface area contributed by atoms with E-state index >= 15 is 0 Å². The summed E-state index contributed by atoms with van der Waals surface area (Å²) in [6.07, 6.45) is 2.44. The second kappa shape index (κ2) is 9.34. The first-order valence-electron chi connectivity index (χ1n) is 9.01. The third-order valence-corrected chi connectivity index (χ3v) is 4.51. The molecule has 1 heterocycles. The van der Waals surface area contributed by atoms with Crippen LogP contribution in [-0.2, 0) is 11.2 Å². The van der Waals surface area contributed by atoms with Crippen molar-refractivity contribution in [2.24, 2.45) is 0 Å². The van der Waals surface area contributed by atoms with E-state index in [4.69, 9.17) is 11.6 Å². The third-order valence-electron chi connectivity index (χ3n) is 4.22. The number of benzene rings is 2. The Hall–Kier alpha value is -3.19. The fraction of sp³-hybridized carbons (Fsp3) is 0.190. The monoisotopic (exact) mass is 413 g/mol. The zero-order chi connectivity index (χ0) is 20.8. The van der Waals surface area contributed by atoms with Crippen LogP contribution in [0, 0.1) is 5.82 Å². The van der Waals surface area contributed by atoms with Crippen LogP contribution in [0.15, 0.2) is 54.7 Å². The van der Waals surface area contributed by atoms with Crippen molar-refractivity contribution in [2.75, 3.05) is 29.6 Å². The lowest BCUT2D eigenvalue weighted by Gasteiger charge is -2.13. The average molecular weight is 414 g/mol. The summed E-state index contributed by atoms with van der Waals surface area (Å²) in [5.74, 6) is 0.0367. The molecule has 1 amide bonds. The summed E-state index contributed by atoms with van der Waals surface area (Å²) in [4.78, 5) is 14.1. The number of aromatic nitrogens is 2. The fourth-order valence-electron chi connectivity index (χ4n) is 2.62. The van der Waals surface area contributed by atoms with Gasteiger partial charge in [0.2, 0.25) is 5.91 Å². The highest BCUT2D eigenvalue weighted by molar-refractivity contribution is 6.30. The Morgan fingerprint density at radius 2 is 1.83 bits per heavy atom. The van der Waals surface area contributed by atoms with Gasteiger partial charge in [0.25, 0.3) is 0 Å². The molecule has 2 N–H and O–H groups in total.